The number of hydrogen-bond donors (Lipinski definition) is 1. The molecule has 2 N–H and O–H groups in total. The van der Waals surface area contributed by atoms with E-state index in [1.807, 2.05) is 42.5 Å². The number of hydrogen-bond acceptors (Lipinski definition) is 5. The first-order chi connectivity index (χ1) is 11.0. The van der Waals surface area contributed by atoms with Crippen LogP contribution in [0.1, 0.15) is 0 Å². The SMILES string of the molecule is Nc1nc(-c2ccccc2)c(N=Nc2c(Br)cc(Br)cc2Br)s1. The highest BCUT2D eigenvalue weighted by Gasteiger charge is 2.12. The molecule has 3 aromatic rings. The quantitative estimate of drug-likeness (QED) is 0.377. The zero-order valence-electron chi connectivity index (χ0n) is 11.5. The van der Waals surface area contributed by atoms with E-state index in [1.165, 1.54) is 11.3 Å². The zero-order chi connectivity index (χ0) is 16.4. The van der Waals surface area contributed by atoms with Crippen LogP contribution in [-0.4, -0.2) is 4.98 Å². The van der Waals surface area contributed by atoms with Crippen molar-refractivity contribution in [3.8, 4) is 11.3 Å². The van der Waals surface area contributed by atoms with Gasteiger partial charge in [-0.05, 0) is 44.0 Å². The van der Waals surface area contributed by atoms with Crippen molar-refractivity contribution >= 4 is 74.9 Å². The Morgan fingerprint density at radius 3 is 2.26 bits per heavy atom. The second-order valence-corrected chi connectivity index (χ2v) is 8.12. The molecule has 2 aromatic carbocycles. The number of aromatic nitrogens is 1. The molecule has 3 rings (SSSR count). The molecule has 8 heteroatoms. The van der Waals surface area contributed by atoms with E-state index in [9.17, 15) is 0 Å². The summed E-state index contributed by atoms with van der Waals surface area (Å²) in [7, 11) is 0. The summed E-state index contributed by atoms with van der Waals surface area (Å²) < 4.78 is 2.62. The molecule has 0 aliphatic carbocycles. The van der Waals surface area contributed by atoms with Gasteiger partial charge in [-0.25, -0.2) is 4.98 Å². The lowest BCUT2D eigenvalue weighted by Crippen LogP contribution is -1.82. The third-order valence-electron chi connectivity index (χ3n) is 2.90. The first kappa shape index (κ1) is 16.8. The summed E-state index contributed by atoms with van der Waals surface area (Å²) in [6.07, 6.45) is 0. The van der Waals surface area contributed by atoms with E-state index in [0.29, 0.717) is 15.8 Å². The Balaban J connectivity index is 2.02. The van der Waals surface area contributed by atoms with Gasteiger partial charge >= 0.3 is 0 Å². The van der Waals surface area contributed by atoms with E-state index in [4.69, 9.17) is 5.73 Å². The lowest BCUT2D eigenvalue weighted by molar-refractivity contribution is 1.22. The number of anilines is 1. The molecule has 0 bridgehead atoms. The first-order valence-electron chi connectivity index (χ1n) is 6.42. The van der Waals surface area contributed by atoms with Gasteiger partial charge in [0.2, 0.25) is 0 Å². The number of thiazole rings is 1. The van der Waals surface area contributed by atoms with Crippen LogP contribution in [-0.2, 0) is 0 Å². The fourth-order valence-corrected chi connectivity index (χ4v) is 5.00. The number of nitrogen functional groups attached to an aromatic ring is 1. The first-order valence-corrected chi connectivity index (χ1v) is 9.62. The van der Waals surface area contributed by atoms with Crippen LogP contribution in [0, 0.1) is 0 Å². The van der Waals surface area contributed by atoms with Gasteiger partial charge in [0, 0.05) is 19.0 Å². The van der Waals surface area contributed by atoms with E-state index in [2.05, 4.69) is 63.0 Å². The lowest BCUT2D eigenvalue weighted by Gasteiger charge is -2.02. The molecule has 1 aromatic heterocycles. The zero-order valence-corrected chi connectivity index (χ0v) is 17.1. The third-order valence-corrected chi connectivity index (χ3v) is 5.33. The average Bonchev–Trinajstić information content (AvgIpc) is 2.88. The number of halogens is 3. The Bertz CT molecular complexity index is 855. The molecule has 0 saturated heterocycles. The van der Waals surface area contributed by atoms with Crippen molar-refractivity contribution in [1.29, 1.82) is 0 Å². The molecule has 0 atom stereocenters. The smallest absolute Gasteiger partial charge is 0.182 e. The van der Waals surface area contributed by atoms with Crippen LogP contribution in [0.25, 0.3) is 11.3 Å². The molecule has 0 amide bonds. The molecule has 23 heavy (non-hydrogen) atoms. The molecule has 1 heterocycles. The summed E-state index contributed by atoms with van der Waals surface area (Å²) in [6.45, 7) is 0. The number of nitrogens with two attached hydrogens (primary N) is 1. The summed E-state index contributed by atoms with van der Waals surface area (Å²) >= 11 is 11.7. The van der Waals surface area contributed by atoms with E-state index in [1.54, 1.807) is 0 Å². The van der Waals surface area contributed by atoms with E-state index in [-0.39, 0.29) is 0 Å². The molecule has 0 aliphatic heterocycles. The van der Waals surface area contributed by atoms with Gasteiger partial charge in [0.25, 0.3) is 0 Å². The second-order valence-electron chi connectivity index (χ2n) is 4.49. The fourth-order valence-electron chi connectivity index (χ4n) is 1.91. The van der Waals surface area contributed by atoms with Gasteiger partial charge in [0.05, 0.1) is 0 Å². The molecule has 0 unspecified atom stereocenters. The number of nitrogens with zero attached hydrogens (tertiary/aromatic N) is 3. The van der Waals surface area contributed by atoms with Gasteiger partial charge < -0.3 is 5.73 Å². The monoisotopic (exact) mass is 514 g/mol. The highest BCUT2D eigenvalue weighted by atomic mass is 79.9. The van der Waals surface area contributed by atoms with Gasteiger partial charge in [-0.3, -0.25) is 0 Å². The Hall–Kier alpha value is -1.09. The summed E-state index contributed by atoms with van der Waals surface area (Å²) in [5.41, 5.74) is 8.25. The van der Waals surface area contributed by atoms with Gasteiger partial charge in [-0.2, -0.15) is 0 Å². The van der Waals surface area contributed by atoms with Crippen molar-refractivity contribution in [3.05, 3.63) is 55.9 Å². The second kappa shape index (κ2) is 7.21. The van der Waals surface area contributed by atoms with Gasteiger partial charge in [0.1, 0.15) is 11.4 Å². The van der Waals surface area contributed by atoms with Crippen LogP contribution in [0.4, 0.5) is 15.8 Å². The minimum absolute atomic E-state index is 0.465. The van der Waals surface area contributed by atoms with E-state index in [0.717, 1.165) is 24.7 Å². The van der Waals surface area contributed by atoms with Crippen molar-refractivity contribution in [3.63, 3.8) is 0 Å². The summed E-state index contributed by atoms with van der Waals surface area (Å²) in [5, 5.41) is 9.83. The van der Waals surface area contributed by atoms with E-state index < -0.39 is 0 Å². The molecule has 4 nitrogen and oxygen atoms in total. The molecule has 0 saturated carbocycles. The lowest BCUT2D eigenvalue weighted by atomic mass is 10.2. The Labute approximate surface area is 162 Å². The van der Waals surface area contributed by atoms with Crippen LogP contribution in [0.5, 0.6) is 0 Å². The van der Waals surface area contributed by atoms with Crippen molar-refractivity contribution in [2.75, 3.05) is 5.73 Å². The Kier molecular flexibility index (Phi) is 5.25. The van der Waals surface area contributed by atoms with Crippen molar-refractivity contribution in [1.82, 2.24) is 4.98 Å². The summed E-state index contributed by atoms with van der Waals surface area (Å²) in [4.78, 5) is 4.36. The summed E-state index contributed by atoms with van der Waals surface area (Å²) in [5.74, 6) is 0. The normalized spacial score (nSPS) is 11.3. The van der Waals surface area contributed by atoms with E-state index >= 15 is 0 Å². The molecular weight excluding hydrogens is 508 g/mol. The molecule has 0 aliphatic rings. The standard InChI is InChI=1S/C15H9Br3N4S/c16-9-6-10(17)13(11(18)7-9)21-22-14-12(20-15(19)23-14)8-4-2-1-3-5-8/h1-7H,(H2,19,20). The predicted octanol–water partition coefficient (Wildman–Crippen LogP) is 7.10. The minimum Gasteiger partial charge on any atom is -0.375 e. The van der Waals surface area contributed by atoms with Gasteiger partial charge in [0.15, 0.2) is 10.1 Å². The van der Waals surface area contributed by atoms with Crippen molar-refractivity contribution in [2.24, 2.45) is 10.2 Å². The van der Waals surface area contributed by atoms with Crippen LogP contribution in [0.3, 0.4) is 0 Å². The maximum absolute atomic E-state index is 5.85. The average molecular weight is 517 g/mol. The molecular formula is C15H9Br3N4S. The third kappa shape index (κ3) is 3.88. The number of benzene rings is 2. The maximum Gasteiger partial charge on any atom is 0.182 e. The predicted molar refractivity (Wildman–Crippen MR) is 106 cm³/mol. The Morgan fingerprint density at radius 1 is 0.957 bits per heavy atom. The summed E-state index contributed by atoms with van der Waals surface area (Å²) in [6, 6.07) is 13.6. The number of azo groups is 1. The molecule has 0 radical (unpaired) electrons. The number of rotatable bonds is 3. The highest BCUT2D eigenvalue weighted by Crippen LogP contribution is 2.41. The maximum atomic E-state index is 5.85. The fraction of sp³-hybridized carbons (Fsp3) is 0. The van der Waals surface area contributed by atoms with Crippen molar-refractivity contribution in [2.45, 2.75) is 0 Å². The molecule has 116 valence electrons. The van der Waals surface area contributed by atoms with Gasteiger partial charge in [-0.1, -0.05) is 57.6 Å². The van der Waals surface area contributed by atoms with Crippen LogP contribution < -0.4 is 5.73 Å². The van der Waals surface area contributed by atoms with Crippen LogP contribution >= 0.6 is 59.1 Å². The van der Waals surface area contributed by atoms with Crippen molar-refractivity contribution < 1.29 is 0 Å². The molecule has 0 spiro atoms. The van der Waals surface area contributed by atoms with Crippen LogP contribution in [0.15, 0.2) is 66.1 Å². The van der Waals surface area contributed by atoms with Gasteiger partial charge in [-0.15, -0.1) is 10.2 Å². The Morgan fingerprint density at radius 2 is 1.61 bits per heavy atom. The topological polar surface area (TPSA) is 63.6 Å². The van der Waals surface area contributed by atoms with Crippen LogP contribution in [0.2, 0.25) is 0 Å². The molecule has 0 fully saturated rings. The highest BCUT2D eigenvalue weighted by molar-refractivity contribution is 9.11. The minimum atomic E-state index is 0.465. The largest absolute Gasteiger partial charge is 0.375 e.